The van der Waals surface area contributed by atoms with Crippen LogP contribution in [-0.2, 0) is 4.79 Å². The maximum Gasteiger partial charge on any atom is 0.231 e. The molecule has 5 nitrogen and oxygen atoms in total. The molecule has 2 heterocycles. The van der Waals surface area contributed by atoms with Gasteiger partial charge < -0.3 is 14.9 Å². The number of anilines is 1. The fourth-order valence-corrected chi connectivity index (χ4v) is 7.88. The Kier molecular flexibility index (Phi) is 3.85. The van der Waals surface area contributed by atoms with E-state index in [9.17, 15) is 14.3 Å². The second-order valence-electron chi connectivity index (χ2n) is 10.5. The molecule has 6 aliphatic rings. The lowest BCUT2D eigenvalue weighted by molar-refractivity contribution is -0.144. The summed E-state index contributed by atoms with van der Waals surface area (Å²) < 4.78 is 14.7. The fraction of sp³-hybridized carbons (Fsp3) is 0.667. The Morgan fingerprint density at radius 1 is 1.17 bits per heavy atom. The van der Waals surface area contributed by atoms with Crippen LogP contribution in [0.5, 0.6) is 0 Å². The van der Waals surface area contributed by atoms with Crippen molar-refractivity contribution in [3.63, 3.8) is 0 Å². The second-order valence-corrected chi connectivity index (χ2v) is 10.5. The maximum absolute atomic E-state index is 14.7. The van der Waals surface area contributed by atoms with Gasteiger partial charge in [-0.2, -0.15) is 5.26 Å². The van der Waals surface area contributed by atoms with Crippen molar-refractivity contribution in [2.24, 2.45) is 23.2 Å². The number of nitrogens with zero attached hydrogens (tertiary/aromatic N) is 3. The smallest absolute Gasteiger partial charge is 0.231 e. The number of carbonyl (C=O) groups excluding carboxylic acids is 1. The summed E-state index contributed by atoms with van der Waals surface area (Å²) in [5.41, 5.74) is 0.352. The number of aliphatic hydroxyl groups is 1. The number of hydrogen-bond donors (Lipinski definition) is 1. The first-order valence-corrected chi connectivity index (χ1v) is 11.4. The number of benzene rings is 1. The van der Waals surface area contributed by atoms with Gasteiger partial charge >= 0.3 is 0 Å². The topological polar surface area (TPSA) is 67.6 Å². The van der Waals surface area contributed by atoms with E-state index < -0.39 is 5.41 Å². The first-order chi connectivity index (χ1) is 14.4. The van der Waals surface area contributed by atoms with Crippen molar-refractivity contribution in [2.45, 2.75) is 56.6 Å². The summed E-state index contributed by atoms with van der Waals surface area (Å²) in [6.45, 7) is 2.09. The molecule has 1 N–H and O–H groups in total. The summed E-state index contributed by atoms with van der Waals surface area (Å²) in [7, 11) is 0. The zero-order valence-corrected chi connectivity index (χ0v) is 17.2. The Hall–Kier alpha value is -2.13. The van der Waals surface area contributed by atoms with E-state index in [2.05, 4.69) is 4.90 Å². The number of aliphatic hydroxyl groups excluding tert-OH is 1. The predicted octanol–water partition coefficient (Wildman–Crippen LogP) is 3.07. The van der Waals surface area contributed by atoms with Crippen molar-refractivity contribution in [3.05, 3.63) is 29.6 Å². The first-order valence-electron chi connectivity index (χ1n) is 11.4. The van der Waals surface area contributed by atoms with Gasteiger partial charge in [0.1, 0.15) is 5.82 Å². The van der Waals surface area contributed by atoms with Crippen LogP contribution in [0, 0.1) is 40.3 Å². The third-order valence-corrected chi connectivity index (χ3v) is 9.11. The van der Waals surface area contributed by atoms with Gasteiger partial charge in [-0.15, -0.1) is 0 Å². The van der Waals surface area contributed by atoms with Gasteiger partial charge in [0.15, 0.2) is 0 Å². The van der Waals surface area contributed by atoms with E-state index in [1.807, 2.05) is 11.0 Å². The number of rotatable bonds is 2. The van der Waals surface area contributed by atoms with Gasteiger partial charge in [-0.1, -0.05) is 0 Å². The van der Waals surface area contributed by atoms with Gasteiger partial charge in [0.25, 0.3) is 0 Å². The molecule has 4 aliphatic carbocycles. The summed E-state index contributed by atoms with van der Waals surface area (Å²) >= 11 is 0. The van der Waals surface area contributed by atoms with Crippen LogP contribution in [0.25, 0.3) is 0 Å². The Bertz CT molecular complexity index is 956. The minimum Gasteiger partial charge on any atom is -0.393 e. The van der Waals surface area contributed by atoms with Crippen molar-refractivity contribution in [1.82, 2.24) is 4.90 Å². The number of amides is 1. The first kappa shape index (κ1) is 18.6. The lowest BCUT2D eigenvalue weighted by atomic mass is 9.73. The second kappa shape index (κ2) is 6.20. The molecule has 6 heteroatoms. The number of nitriles is 1. The Labute approximate surface area is 176 Å². The monoisotopic (exact) mass is 409 g/mol. The molecule has 2 saturated heterocycles. The standard InChI is InChI=1S/C24H28FN3O2/c25-19-8-15(13-26)2-3-20(19)27-6-1-4-23(14-27)5-7-28(22(23)30)24-10-16-9-17(11-24)21(29)18(16)12-24/h2-3,8,16-18,21,29H,1,4-7,9-12,14H2. The molecule has 4 bridgehead atoms. The van der Waals surface area contributed by atoms with Crippen LogP contribution in [0.4, 0.5) is 10.1 Å². The maximum atomic E-state index is 14.7. The highest BCUT2D eigenvalue weighted by Gasteiger charge is 2.65. The van der Waals surface area contributed by atoms with E-state index in [1.165, 1.54) is 6.07 Å². The Morgan fingerprint density at radius 3 is 2.73 bits per heavy atom. The van der Waals surface area contributed by atoms with Gasteiger partial charge in [0, 0.05) is 25.2 Å². The van der Waals surface area contributed by atoms with Crippen LogP contribution in [-0.4, -0.2) is 47.2 Å². The summed E-state index contributed by atoms with van der Waals surface area (Å²) in [4.78, 5) is 18.0. The molecule has 1 aromatic carbocycles. The molecule has 158 valence electrons. The number of hydrogen-bond acceptors (Lipinski definition) is 4. The quantitative estimate of drug-likeness (QED) is 0.815. The largest absolute Gasteiger partial charge is 0.393 e. The van der Waals surface area contributed by atoms with E-state index in [0.29, 0.717) is 35.5 Å². The third kappa shape index (κ3) is 2.39. The van der Waals surface area contributed by atoms with Gasteiger partial charge in [0.05, 0.1) is 28.8 Å². The van der Waals surface area contributed by atoms with Gasteiger partial charge in [0.2, 0.25) is 5.91 Å². The predicted molar refractivity (Wildman–Crippen MR) is 109 cm³/mol. The molecule has 6 fully saturated rings. The van der Waals surface area contributed by atoms with E-state index in [4.69, 9.17) is 5.26 Å². The third-order valence-electron chi connectivity index (χ3n) is 9.11. The average Bonchev–Trinajstić information content (AvgIpc) is 3.28. The molecular weight excluding hydrogens is 381 g/mol. The SMILES string of the molecule is N#Cc1ccc(N2CCCC3(CCN(C45CC6CC(C4)C(C5)C6O)C3=O)C2)c(F)c1. The van der Waals surface area contributed by atoms with E-state index in [0.717, 1.165) is 58.0 Å². The van der Waals surface area contributed by atoms with E-state index in [1.54, 1.807) is 12.1 Å². The van der Waals surface area contributed by atoms with Crippen LogP contribution in [0.1, 0.15) is 50.5 Å². The van der Waals surface area contributed by atoms with Crippen molar-refractivity contribution >= 4 is 11.6 Å². The van der Waals surface area contributed by atoms with E-state index >= 15 is 0 Å². The molecule has 6 atom stereocenters. The highest BCUT2D eigenvalue weighted by molar-refractivity contribution is 5.87. The zero-order chi connectivity index (χ0) is 20.7. The molecule has 1 aromatic rings. The van der Waals surface area contributed by atoms with Gasteiger partial charge in [-0.25, -0.2) is 4.39 Å². The summed E-state index contributed by atoms with van der Waals surface area (Å²) in [6, 6.07) is 6.61. The number of likely N-dealkylation sites (tertiary alicyclic amines) is 1. The normalized spacial score (nSPS) is 41.8. The van der Waals surface area contributed by atoms with Crippen molar-refractivity contribution in [2.75, 3.05) is 24.5 Å². The minimum absolute atomic E-state index is 0.0416. The Morgan fingerprint density at radius 2 is 2.00 bits per heavy atom. The van der Waals surface area contributed by atoms with E-state index in [-0.39, 0.29) is 23.4 Å². The summed E-state index contributed by atoms with van der Waals surface area (Å²) in [6.07, 6.45) is 6.52. The molecule has 1 amide bonds. The molecule has 4 saturated carbocycles. The highest BCUT2D eigenvalue weighted by atomic mass is 19.1. The number of halogens is 1. The zero-order valence-electron chi connectivity index (χ0n) is 17.2. The molecule has 30 heavy (non-hydrogen) atoms. The molecule has 0 radical (unpaired) electrons. The molecule has 2 aliphatic heterocycles. The Balaban J connectivity index is 1.25. The van der Waals surface area contributed by atoms with Crippen LogP contribution in [0.15, 0.2) is 18.2 Å². The van der Waals surface area contributed by atoms with Crippen LogP contribution >= 0.6 is 0 Å². The molecule has 6 unspecified atom stereocenters. The lowest BCUT2D eigenvalue weighted by Crippen LogP contribution is -2.56. The van der Waals surface area contributed by atoms with Crippen LogP contribution < -0.4 is 4.90 Å². The summed E-state index contributed by atoms with van der Waals surface area (Å²) in [5, 5.41) is 19.5. The fourth-order valence-electron chi connectivity index (χ4n) is 7.88. The van der Waals surface area contributed by atoms with Crippen LogP contribution in [0.3, 0.4) is 0 Å². The van der Waals surface area contributed by atoms with Crippen LogP contribution in [0.2, 0.25) is 0 Å². The molecule has 0 aromatic heterocycles. The lowest BCUT2D eigenvalue weighted by Gasteiger charge is -2.48. The van der Waals surface area contributed by atoms with Crippen molar-refractivity contribution < 1.29 is 14.3 Å². The minimum atomic E-state index is -0.425. The van der Waals surface area contributed by atoms with Crippen molar-refractivity contribution in [3.8, 4) is 6.07 Å². The molecule has 1 spiro atoms. The average molecular weight is 410 g/mol. The van der Waals surface area contributed by atoms with Gasteiger partial charge in [-0.05, 0) is 80.9 Å². The molecule has 7 rings (SSSR count). The number of piperidine rings is 1. The van der Waals surface area contributed by atoms with Crippen molar-refractivity contribution in [1.29, 1.82) is 5.26 Å². The highest BCUT2D eigenvalue weighted by Crippen LogP contribution is 2.63. The number of carbonyl (C=O) groups is 1. The molecular formula is C24H28FN3O2. The summed E-state index contributed by atoms with van der Waals surface area (Å²) in [5.74, 6) is 1.20. The van der Waals surface area contributed by atoms with Gasteiger partial charge in [-0.3, -0.25) is 4.79 Å².